The predicted molar refractivity (Wildman–Crippen MR) is 129 cm³/mol. The standard InChI is InChI=1S/C27H26N2O5/c1-17(2)16-34-22-10-6-20(7-11-22)29-24(18-4-8-21(33-3)9-5-18)23(26(31)27(29)32)25(30)19-12-14-28-15-13-19/h4-15,17,24,30H,16H2,1-3H3/b25-23-. The minimum absolute atomic E-state index is 0.0153. The number of carbonyl (C=O) groups is 2. The third-order valence-corrected chi connectivity index (χ3v) is 5.53. The van der Waals surface area contributed by atoms with Crippen LogP contribution in [0.2, 0.25) is 0 Å². The lowest BCUT2D eigenvalue weighted by atomic mass is 9.95. The molecule has 1 amide bonds. The van der Waals surface area contributed by atoms with Crippen LogP contribution in [0.25, 0.3) is 5.76 Å². The SMILES string of the molecule is COc1ccc(C2/C(=C(/O)c3ccncc3)C(=O)C(=O)N2c2ccc(OCC(C)C)cc2)cc1. The van der Waals surface area contributed by atoms with E-state index in [-0.39, 0.29) is 11.3 Å². The maximum atomic E-state index is 13.2. The van der Waals surface area contributed by atoms with E-state index in [1.165, 1.54) is 17.3 Å². The normalized spacial score (nSPS) is 17.3. The molecule has 0 saturated carbocycles. The van der Waals surface area contributed by atoms with Crippen molar-refractivity contribution in [3.8, 4) is 11.5 Å². The topological polar surface area (TPSA) is 89.0 Å². The molecule has 1 aliphatic heterocycles. The van der Waals surface area contributed by atoms with Crippen LogP contribution in [0.15, 0.2) is 78.6 Å². The van der Waals surface area contributed by atoms with Crippen LogP contribution in [0.4, 0.5) is 5.69 Å². The van der Waals surface area contributed by atoms with Gasteiger partial charge in [0.15, 0.2) is 0 Å². The maximum Gasteiger partial charge on any atom is 0.300 e. The first kappa shape index (κ1) is 23.0. The Morgan fingerprint density at radius 1 is 0.971 bits per heavy atom. The van der Waals surface area contributed by atoms with Crippen LogP contribution in [-0.2, 0) is 9.59 Å². The zero-order valence-corrected chi connectivity index (χ0v) is 19.3. The molecule has 7 heteroatoms. The second-order valence-corrected chi connectivity index (χ2v) is 8.38. The summed E-state index contributed by atoms with van der Waals surface area (Å²) in [5.41, 5.74) is 1.61. The number of pyridine rings is 1. The van der Waals surface area contributed by atoms with Crippen LogP contribution in [0.3, 0.4) is 0 Å². The van der Waals surface area contributed by atoms with Gasteiger partial charge in [0.2, 0.25) is 0 Å². The highest BCUT2D eigenvalue weighted by Crippen LogP contribution is 2.42. The molecule has 1 aromatic heterocycles. The Morgan fingerprint density at radius 2 is 1.59 bits per heavy atom. The van der Waals surface area contributed by atoms with Gasteiger partial charge in [0, 0.05) is 23.6 Å². The number of Topliss-reactive ketones (excluding diaryl/α,β-unsaturated/α-hetero) is 1. The Kier molecular flexibility index (Phi) is 6.63. The van der Waals surface area contributed by atoms with Crippen molar-refractivity contribution in [1.82, 2.24) is 4.98 Å². The summed E-state index contributed by atoms with van der Waals surface area (Å²) in [6.45, 7) is 4.69. The van der Waals surface area contributed by atoms with Crippen LogP contribution in [0.5, 0.6) is 11.5 Å². The third kappa shape index (κ3) is 4.50. The second kappa shape index (κ2) is 9.79. The number of aliphatic hydroxyl groups is 1. The average molecular weight is 459 g/mol. The van der Waals surface area contributed by atoms with Gasteiger partial charge >= 0.3 is 0 Å². The van der Waals surface area contributed by atoms with Gasteiger partial charge in [0.1, 0.15) is 17.3 Å². The smallest absolute Gasteiger partial charge is 0.300 e. The molecule has 0 spiro atoms. The van der Waals surface area contributed by atoms with Crippen LogP contribution in [-0.4, -0.2) is 35.5 Å². The van der Waals surface area contributed by atoms with E-state index < -0.39 is 17.7 Å². The van der Waals surface area contributed by atoms with E-state index >= 15 is 0 Å². The molecule has 1 fully saturated rings. The van der Waals surface area contributed by atoms with Gasteiger partial charge in [-0.1, -0.05) is 26.0 Å². The number of ether oxygens (including phenoxy) is 2. The number of aromatic nitrogens is 1. The van der Waals surface area contributed by atoms with Crippen molar-refractivity contribution >= 4 is 23.1 Å². The Morgan fingerprint density at radius 3 is 2.18 bits per heavy atom. The number of nitrogens with zero attached hydrogens (tertiary/aromatic N) is 2. The summed E-state index contributed by atoms with van der Waals surface area (Å²) in [6.07, 6.45) is 3.03. The molecule has 174 valence electrons. The summed E-state index contributed by atoms with van der Waals surface area (Å²) in [4.78, 5) is 31.8. The van der Waals surface area contributed by atoms with Crippen molar-refractivity contribution in [2.45, 2.75) is 19.9 Å². The summed E-state index contributed by atoms with van der Waals surface area (Å²) in [5.74, 6) is -0.0300. The highest BCUT2D eigenvalue weighted by Gasteiger charge is 2.47. The number of methoxy groups -OCH3 is 1. The molecule has 0 bridgehead atoms. The van der Waals surface area contributed by atoms with Crippen molar-refractivity contribution in [2.75, 3.05) is 18.6 Å². The molecule has 2 heterocycles. The zero-order chi connectivity index (χ0) is 24.2. The number of benzene rings is 2. The van der Waals surface area contributed by atoms with Gasteiger partial charge < -0.3 is 14.6 Å². The molecule has 34 heavy (non-hydrogen) atoms. The van der Waals surface area contributed by atoms with E-state index in [4.69, 9.17) is 9.47 Å². The molecular formula is C27H26N2O5. The van der Waals surface area contributed by atoms with E-state index in [9.17, 15) is 14.7 Å². The fraction of sp³-hybridized carbons (Fsp3) is 0.222. The van der Waals surface area contributed by atoms with Gasteiger partial charge in [-0.25, -0.2) is 0 Å². The van der Waals surface area contributed by atoms with E-state index in [1.54, 1.807) is 67.8 Å². The minimum atomic E-state index is -0.818. The highest BCUT2D eigenvalue weighted by atomic mass is 16.5. The quantitative estimate of drug-likeness (QED) is 0.312. The number of amides is 1. The Balaban J connectivity index is 1.81. The molecule has 7 nitrogen and oxygen atoms in total. The Bertz CT molecular complexity index is 1200. The number of aliphatic hydroxyl groups excluding tert-OH is 1. The summed E-state index contributed by atoms with van der Waals surface area (Å²) in [6, 6.07) is 16.5. The number of hydrogen-bond donors (Lipinski definition) is 1. The highest BCUT2D eigenvalue weighted by molar-refractivity contribution is 6.51. The molecule has 1 aliphatic rings. The van der Waals surface area contributed by atoms with Crippen LogP contribution in [0.1, 0.15) is 31.0 Å². The van der Waals surface area contributed by atoms with Crippen molar-refractivity contribution in [3.63, 3.8) is 0 Å². The van der Waals surface area contributed by atoms with E-state index in [2.05, 4.69) is 18.8 Å². The Labute approximate surface area is 198 Å². The number of carbonyl (C=O) groups excluding carboxylic acids is 2. The van der Waals surface area contributed by atoms with Crippen molar-refractivity contribution in [3.05, 3.63) is 89.8 Å². The molecule has 0 radical (unpaired) electrons. The number of anilines is 1. The van der Waals surface area contributed by atoms with Crippen LogP contribution >= 0.6 is 0 Å². The van der Waals surface area contributed by atoms with E-state index in [0.717, 1.165) is 0 Å². The molecule has 1 atom stereocenters. The molecule has 1 N–H and O–H groups in total. The first-order valence-electron chi connectivity index (χ1n) is 11.0. The van der Waals surface area contributed by atoms with Gasteiger partial charge in [0.05, 0.1) is 25.3 Å². The summed E-state index contributed by atoms with van der Waals surface area (Å²) in [7, 11) is 1.56. The lowest BCUT2D eigenvalue weighted by molar-refractivity contribution is -0.132. The van der Waals surface area contributed by atoms with Gasteiger partial charge in [-0.3, -0.25) is 19.5 Å². The van der Waals surface area contributed by atoms with Crippen LogP contribution in [0, 0.1) is 5.92 Å². The van der Waals surface area contributed by atoms with Gasteiger partial charge in [-0.05, 0) is 60.0 Å². The summed E-state index contributed by atoms with van der Waals surface area (Å²) in [5, 5.41) is 11.1. The van der Waals surface area contributed by atoms with Crippen molar-refractivity contribution in [1.29, 1.82) is 0 Å². The van der Waals surface area contributed by atoms with Gasteiger partial charge in [-0.2, -0.15) is 0 Å². The molecule has 2 aromatic carbocycles. The van der Waals surface area contributed by atoms with Gasteiger partial charge in [0.25, 0.3) is 11.7 Å². The molecular weight excluding hydrogens is 432 g/mol. The average Bonchev–Trinajstić information content (AvgIpc) is 3.13. The molecule has 1 unspecified atom stereocenters. The Hall–Kier alpha value is -4.13. The fourth-order valence-corrected chi connectivity index (χ4v) is 3.83. The summed E-state index contributed by atoms with van der Waals surface area (Å²) < 4.78 is 11.0. The molecule has 3 aromatic rings. The lowest BCUT2D eigenvalue weighted by Crippen LogP contribution is -2.29. The first-order valence-corrected chi connectivity index (χ1v) is 11.0. The first-order chi connectivity index (χ1) is 16.4. The number of hydrogen-bond acceptors (Lipinski definition) is 6. The number of rotatable bonds is 7. The molecule has 1 saturated heterocycles. The molecule has 0 aliphatic carbocycles. The van der Waals surface area contributed by atoms with Gasteiger partial charge in [-0.15, -0.1) is 0 Å². The van der Waals surface area contributed by atoms with Crippen molar-refractivity contribution < 1.29 is 24.2 Å². The number of ketones is 1. The van der Waals surface area contributed by atoms with E-state index in [0.29, 0.717) is 40.8 Å². The largest absolute Gasteiger partial charge is 0.507 e. The molecule has 4 rings (SSSR count). The third-order valence-electron chi connectivity index (χ3n) is 5.53. The second-order valence-electron chi connectivity index (χ2n) is 8.38. The van der Waals surface area contributed by atoms with Crippen molar-refractivity contribution in [2.24, 2.45) is 5.92 Å². The predicted octanol–water partition coefficient (Wildman–Crippen LogP) is 4.75. The van der Waals surface area contributed by atoms with Crippen LogP contribution < -0.4 is 14.4 Å². The summed E-state index contributed by atoms with van der Waals surface area (Å²) >= 11 is 0. The van der Waals surface area contributed by atoms with E-state index in [1.807, 2.05) is 0 Å². The maximum absolute atomic E-state index is 13.2. The zero-order valence-electron chi connectivity index (χ0n) is 19.3. The fourth-order valence-electron chi connectivity index (χ4n) is 3.83. The minimum Gasteiger partial charge on any atom is -0.507 e. The monoisotopic (exact) mass is 458 g/mol. The lowest BCUT2D eigenvalue weighted by Gasteiger charge is -2.25.